The Bertz CT molecular complexity index is 2630. The van der Waals surface area contributed by atoms with E-state index in [0.717, 1.165) is 106 Å². The molecule has 11 heteroatoms. The van der Waals surface area contributed by atoms with E-state index in [1.165, 1.54) is 11.1 Å². The van der Waals surface area contributed by atoms with Crippen molar-refractivity contribution in [2.24, 2.45) is 80.8 Å². The first kappa shape index (κ1) is 57.6. The van der Waals surface area contributed by atoms with Crippen molar-refractivity contribution in [2.75, 3.05) is 32.5 Å². The van der Waals surface area contributed by atoms with Crippen molar-refractivity contribution in [2.45, 2.75) is 218 Å². The highest BCUT2D eigenvalue weighted by Crippen LogP contribution is 2.79. The summed E-state index contributed by atoms with van der Waals surface area (Å²) in [6.45, 7) is 17.1. The fourth-order valence-corrected chi connectivity index (χ4v) is 21.6. The molecule has 2 heterocycles. The Labute approximate surface area is 473 Å². The number of carbonyl (C=O) groups is 2. The van der Waals surface area contributed by atoms with Gasteiger partial charge in [-0.3, -0.25) is 9.59 Å². The standard InChI is InChI=1S/C68H101N3O8/c1-39(2)17-19-44-28-43-20-18-40(36-72)27-49(43)50(31-56(75)62-67(7,79-62)52-16-12-15-48(52)42-13-11-14-46(69)29-42)59-53-21-22-58-65(5)32-51(45-25-41(35-70-8)26-47(74)30-45)61(77)64(4)24-10-9-23-63(3,78)38-71-55(60(64)65)33-68(58,54(44)37-73)66(53,6)34-57(59)76/h11,13-14,25-26,29-30,39-40,43-44,48-52,54-56,58,60,62,70-75,78H,9-10,12,15-24,27-28,31-38,69H2,1-8H3. The highest BCUT2D eigenvalue weighted by Gasteiger charge is 2.76. The predicted molar refractivity (Wildman–Crippen MR) is 311 cm³/mol. The highest BCUT2D eigenvalue weighted by atomic mass is 16.6. The number of epoxide rings is 1. The molecule has 0 amide bonds. The number of allylic oxidation sites excluding steroid dienone is 2. The van der Waals surface area contributed by atoms with Gasteiger partial charge in [0.05, 0.1) is 17.3 Å². The number of hydrogen-bond donors (Lipinski definition) is 8. The molecule has 0 radical (unpaired) electrons. The molecule has 79 heavy (non-hydrogen) atoms. The Kier molecular flexibility index (Phi) is 15.7. The van der Waals surface area contributed by atoms with Crippen LogP contribution < -0.4 is 16.4 Å². The van der Waals surface area contributed by atoms with Gasteiger partial charge in [0.1, 0.15) is 17.6 Å². The fourth-order valence-electron chi connectivity index (χ4n) is 21.6. The second-order valence-electron chi connectivity index (χ2n) is 29.8. The van der Waals surface area contributed by atoms with Gasteiger partial charge in [0, 0.05) is 61.2 Å². The van der Waals surface area contributed by atoms with E-state index in [1.807, 2.05) is 32.2 Å². The van der Waals surface area contributed by atoms with E-state index in [0.29, 0.717) is 63.5 Å². The number of ketones is 2. The molecule has 9 N–H and O–H groups in total. The molecule has 11 rings (SSSR count). The van der Waals surface area contributed by atoms with Gasteiger partial charge in [-0.2, -0.15) is 0 Å². The Morgan fingerprint density at radius 1 is 0.899 bits per heavy atom. The van der Waals surface area contributed by atoms with Crippen LogP contribution in [0.2, 0.25) is 0 Å². The van der Waals surface area contributed by atoms with Gasteiger partial charge >= 0.3 is 0 Å². The van der Waals surface area contributed by atoms with Crippen molar-refractivity contribution in [1.82, 2.24) is 10.6 Å². The number of fused-ring (bicyclic) bond motifs is 2. The van der Waals surface area contributed by atoms with Crippen LogP contribution in [0.4, 0.5) is 5.69 Å². The number of Topliss-reactive ketones (excluding diaryl/α,β-unsaturated/α-hetero) is 2. The summed E-state index contributed by atoms with van der Waals surface area (Å²) in [6, 6.07) is 13.9. The zero-order valence-corrected chi connectivity index (χ0v) is 49.5. The molecular formula is C68H101N3O8. The monoisotopic (exact) mass is 1090 g/mol. The predicted octanol–water partition coefficient (Wildman–Crippen LogP) is 10.9. The number of phenolic OH excluding ortho intramolecular Hbond substituents is 1. The van der Waals surface area contributed by atoms with E-state index < -0.39 is 44.9 Å². The van der Waals surface area contributed by atoms with Crippen LogP contribution in [0.1, 0.15) is 199 Å². The lowest BCUT2D eigenvalue weighted by atomic mass is 9.31. The molecular weight excluding hydrogens is 987 g/mol. The number of phenols is 1. The molecule has 5 saturated carbocycles. The third-order valence-corrected chi connectivity index (χ3v) is 24.8. The zero-order valence-electron chi connectivity index (χ0n) is 49.5. The third kappa shape index (κ3) is 9.65. The molecule has 4 bridgehead atoms. The maximum absolute atomic E-state index is 16.1. The van der Waals surface area contributed by atoms with E-state index in [4.69, 9.17) is 10.5 Å². The van der Waals surface area contributed by atoms with E-state index in [-0.39, 0.29) is 95.9 Å². The number of anilines is 1. The van der Waals surface area contributed by atoms with E-state index in [2.05, 4.69) is 70.4 Å². The lowest BCUT2D eigenvalue weighted by Crippen LogP contribution is -2.73. The number of hydrogen-bond acceptors (Lipinski definition) is 11. The summed E-state index contributed by atoms with van der Waals surface area (Å²) >= 11 is 0. The summed E-state index contributed by atoms with van der Waals surface area (Å²) < 4.78 is 6.85. The van der Waals surface area contributed by atoms with Gasteiger partial charge in [0.2, 0.25) is 0 Å². The highest BCUT2D eigenvalue weighted by molar-refractivity contribution is 6.01. The van der Waals surface area contributed by atoms with Crippen molar-refractivity contribution in [1.29, 1.82) is 0 Å². The van der Waals surface area contributed by atoms with Crippen LogP contribution in [0, 0.1) is 80.8 Å². The van der Waals surface area contributed by atoms with Gasteiger partial charge in [0.25, 0.3) is 0 Å². The molecule has 20 unspecified atom stereocenters. The van der Waals surface area contributed by atoms with Crippen molar-refractivity contribution in [3.63, 3.8) is 0 Å². The van der Waals surface area contributed by atoms with Crippen LogP contribution in [0.15, 0.2) is 53.6 Å². The molecule has 2 aromatic rings. The summed E-state index contributed by atoms with van der Waals surface area (Å²) in [7, 11) is 1.91. The number of ether oxygens (including phenoxy) is 1. The third-order valence-electron chi connectivity index (χ3n) is 24.8. The quantitative estimate of drug-likeness (QED) is 0.0702. The largest absolute Gasteiger partial charge is 0.508 e. The average molecular weight is 1090 g/mol. The van der Waals surface area contributed by atoms with Crippen molar-refractivity contribution in [3.8, 4) is 5.75 Å². The van der Waals surface area contributed by atoms with E-state index >= 15 is 9.59 Å². The second-order valence-corrected chi connectivity index (χ2v) is 29.8. The Balaban J connectivity index is 1.08. The van der Waals surface area contributed by atoms with Crippen molar-refractivity contribution >= 4 is 17.3 Å². The molecule has 436 valence electrons. The van der Waals surface area contributed by atoms with Crippen LogP contribution in [0.5, 0.6) is 5.75 Å². The van der Waals surface area contributed by atoms with E-state index in [1.54, 1.807) is 6.07 Å². The maximum Gasteiger partial charge on any atom is 0.160 e. The normalized spacial score (nSPS) is 44.4. The number of aliphatic hydroxyl groups excluding tert-OH is 3. The summed E-state index contributed by atoms with van der Waals surface area (Å²) in [5, 5.41) is 67.7. The molecule has 2 saturated heterocycles. The lowest BCUT2D eigenvalue weighted by molar-refractivity contribution is -0.233. The van der Waals surface area contributed by atoms with Gasteiger partial charge < -0.3 is 46.6 Å². The second kappa shape index (κ2) is 21.5. The molecule has 2 aliphatic heterocycles. The zero-order chi connectivity index (χ0) is 56.2. The van der Waals surface area contributed by atoms with Gasteiger partial charge in [-0.25, -0.2) is 0 Å². The smallest absolute Gasteiger partial charge is 0.160 e. The number of aliphatic hydroxyl groups is 4. The fraction of sp³-hybridized carbons (Fsp3) is 0.765. The molecule has 11 nitrogen and oxygen atoms in total. The van der Waals surface area contributed by atoms with Gasteiger partial charge in [-0.1, -0.05) is 84.1 Å². The number of aromatic hydroxyl groups is 1. The molecule has 1 spiro atoms. The Morgan fingerprint density at radius 2 is 1.68 bits per heavy atom. The van der Waals surface area contributed by atoms with E-state index in [9.17, 15) is 25.5 Å². The number of nitrogens with one attached hydrogen (secondary N) is 2. The number of rotatable bonds is 13. The van der Waals surface area contributed by atoms with Crippen LogP contribution in [-0.2, 0) is 20.9 Å². The number of nitrogens with two attached hydrogens (primary N) is 1. The molecule has 20 atom stereocenters. The molecule has 9 aliphatic rings. The summed E-state index contributed by atoms with van der Waals surface area (Å²) in [4.78, 5) is 32.1. The van der Waals surface area contributed by atoms with Crippen LogP contribution in [0.25, 0.3) is 0 Å². The number of carbonyl (C=O) groups excluding carboxylic acids is 2. The minimum atomic E-state index is -0.957. The lowest BCUT2D eigenvalue weighted by Gasteiger charge is -2.74. The van der Waals surface area contributed by atoms with Crippen LogP contribution in [0.3, 0.4) is 0 Å². The summed E-state index contributed by atoms with van der Waals surface area (Å²) in [5.41, 5.74) is 8.49. The van der Waals surface area contributed by atoms with Gasteiger partial charge in [-0.15, -0.1) is 0 Å². The van der Waals surface area contributed by atoms with Crippen LogP contribution in [-0.4, -0.2) is 93.4 Å². The number of β-amino-alcohol motifs (C(OH)–C–C–N with tert-alkyl or cyclic N) is 1. The van der Waals surface area contributed by atoms with Crippen molar-refractivity contribution < 1.29 is 39.9 Å². The minimum absolute atomic E-state index is 0.00449. The van der Waals surface area contributed by atoms with Crippen LogP contribution >= 0.6 is 0 Å². The number of benzene rings is 2. The first-order valence-electron chi connectivity index (χ1n) is 31.7. The van der Waals surface area contributed by atoms with Gasteiger partial charge in [-0.05, 0) is 233 Å². The maximum atomic E-state index is 16.1. The van der Waals surface area contributed by atoms with Gasteiger partial charge in [0.15, 0.2) is 5.78 Å². The van der Waals surface area contributed by atoms with Crippen molar-refractivity contribution in [3.05, 3.63) is 70.3 Å². The SMILES string of the molecule is CNCc1cc(O)cc(C2CC3(C)C4C(CC56C(CO)C(CCC(C)C)CC7CCC(CO)CC7C(CC(O)C7OC7(C)C7CCCC7c7cccc(N)c7)C7=C(CCC35)C6(C)CC7=O)NCC(C)(O)CCCCC4(C)C2=O)c1. The molecule has 7 aliphatic carbocycles. The summed E-state index contributed by atoms with van der Waals surface area (Å²) in [6.07, 6.45) is 14.2. The molecule has 0 aromatic heterocycles. The molecule has 2 aromatic carbocycles. The minimum Gasteiger partial charge on any atom is -0.508 e. The molecule has 7 fully saturated rings. The number of nitrogen functional groups attached to an aromatic ring is 1. The first-order chi connectivity index (χ1) is 37.5. The average Bonchev–Trinajstić information content (AvgIpc) is 2.46. The summed E-state index contributed by atoms with van der Waals surface area (Å²) in [5.74, 6) is 1.30. The Hall–Kier alpha value is -3.16. The first-order valence-corrected chi connectivity index (χ1v) is 31.7. The Morgan fingerprint density at radius 3 is 2.42 bits per heavy atom. The topological polar surface area (TPSA) is 198 Å².